The third-order valence-electron chi connectivity index (χ3n) is 4.51. The number of benzene rings is 2. The molecule has 0 N–H and O–H groups in total. The molecule has 0 bridgehead atoms. The Kier molecular flexibility index (Phi) is 5.12. The summed E-state index contributed by atoms with van der Waals surface area (Å²) in [6.45, 7) is 2.32. The second kappa shape index (κ2) is 7.46. The zero-order chi connectivity index (χ0) is 20.8. The first-order valence-corrected chi connectivity index (χ1v) is 10.4. The molecule has 150 valence electrons. The van der Waals surface area contributed by atoms with Crippen LogP contribution in [0.5, 0.6) is 0 Å². The van der Waals surface area contributed by atoms with E-state index in [2.05, 4.69) is 4.99 Å². The van der Waals surface area contributed by atoms with Crippen LogP contribution in [0.4, 0.5) is 24.5 Å². The molecule has 0 radical (unpaired) electrons. The predicted molar refractivity (Wildman–Crippen MR) is 111 cm³/mol. The quantitative estimate of drug-likeness (QED) is 0.567. The van der Waals surface area contributed by atoms with Gasteiger partial charge in [0.2, 0.25) is 0 Å². The highest BCUT2D eigenvalue weighted by Crippen LogP contribution is 2.51. The normalized spacial score (nSPS) is 20.7. The van der Waals surface area contributed by atoms with Gasteiger partial charge in [-0.2, -0.15) is 13.2 Å². The van der Waals surface area contributed by atoms with Crippen LogP contribution in [0.25, 0.3) is 0 Å². The third kappa shape index (κ3) is 3.64. The van der Waals surface area contributed by atoms with Crippen molar-refractivity contribution < 1.29 is 18.0 Å². The summed E-state index contributed by atoms with van der Waals surface area (Å²) in [5, 5.41) is 1.18. The van der Waals surface area contributed by atoms with Gasteiger partial charge in [0, 0.05) is 18.5 Å². The summed E-state index contributed by atoms with van der Waals surface area (Å²) >= 11 is 2.43. The fraction of sp³-hybridized carbons (Fsp3) is 0.200. The van der Waals surface area contributed by atoms with E-state index in [0.29, 0.717) is 32.2 Å². The van der Waals surface area contributed by atoms with E-state index in [1.807, 2.05) is 37.3 Å². The highest BCUT2D eigenvalue weighted by molar-refractivity contribution is 8.19. The van der Waals surface area contributed by atoms with E-state index in [-0.39, 0.29) is 5.91 Å². The van der Waals surface area contributed by atoms with E-state index in [9.17, 15) is 18.0 Å². The number of anilines is 1. The van der Waals surface area contributed by atoms with E-state index in [1.165, 1.54) is 29.6 Å². The minimum atomic E-state index is -4.41. The molecule has 1 fully saturated rings. The average Bonchev–Trinajstić information content (AvgIpc) is 3.18. The number of hydrogen-bond donors (Lipinski definition) is 0. The van der Waals surface area contributed by atoms with Crippen molar-refractivity contribution in [3.8, 4) is 0 Å². The summed E-state index contributed by atoms with van der Waals surface area (Å²) in [5.74, 6) is -0.189. The molecule has 0 saturated carbocycles. The molecule has 0 unspecified atom stereocenters. The molecule has 2 aromatic rings. The molecule has 0 atom stereocenters. The Bertz CT molecular complexity index is 1040. The molecule has 29 heavy (non-hydrogen) atoms. The zero-order valence-electron chi connectivity index (χ0n) is 15.5. The summed E-state index contributed by atoms with van der Waals surface area (Å²) in [6, 6.07) is 13.0. The van der Waals surface area contributed by atoms with Crippen LogP contribution in [0.3, 0.4) is 0 Å². The van der Waals surface area contributed by atoms with Crippen molar-refractivity contribution in [3.05, 3.63) is 64.0 Å². The van der Waals surface area contributed by atoms with Crippen molar-refractivity contribution in [2.75, 3.05) is 18.5 Å². The average molecular weight is 435 g/mol. The highest BCUT2D eigenvalue weighted by atomic mass is 32.2. The minimum Gasteiger partial charge on any atom is -0.337 e. The molecule has 9 heteroatoms. The number of amidine groups is 1. The van der Waals surface area contributed by atoms with Crippen molar-refractivity contribution in [1.82, 2.24) is 4.90 Å². The van der Waals surface area contributed by atoms with Gasteiger partial charge in [-0.1, -0.05) is 30.0 Å². The van der Waals surface area contributed by atoms with Gasteiger partial charge >= 0.3 is 6.18 Å². The lowest BCUT2D eigenvalue weighted by atomic mass is 10.2. The summed E-state index contributed by atoms with van der Waals surface area (Å²) in [7, 11) is 1.75. The number of para-hydroxylation sites is 1. The summed E-state index contributed by atoms with van der Waals surface area (Å²) in [6.07, 6.45) is -4.41. The highest BCUT2D eigenvalue weighted by Gasteiger charge is 2.39. The molecule has 2 aromatic carbocycles. The van der Waals surface area contributed by atoms with Crippen LogP contribution in [0.1, 0.15) is 12.5 Å². The van der Waals surface area contributed by atoms with Crippen LogP contribution in [-0.2, 0) is 11.0 Å². The lowest BCUT2D eigenvalue weighted by molar-refractivity contribution is -0.137. The number of carbonyl (C=O) groups excluding carboxylic acids is 1. The number of thioether (sulfide) groups is 2. The van der Waals surface area contributed by atoms with Crippen molar-refractivity contribution in [2.24, 2.45) is 4.99 Å². The molecule has 4 rings (SSSR count). The summed E-state index contributed by atoms with van der Waals surface area (Å²) in [5.41, 5.74) is 0.684. The van der Waals surface area contributed by atoms with Crippen LogP contribution in [0.2, 0.25) is 0 Å². The second-order valence-electron chi connectivity index (χ2n) is 6.36. The Morgan fingerprint density at radius 1 is 1.07 bits per heavy atom. The Morgan fingerprint density at radius 2 is 1.79 bits per heavy atom. The number of rotatable bonds is 2. The summed E-state index contributed by atoms with van der Waals surface area (Å²) < 4.78 is 39.2. The molecule has 2 heterocycles. The molecule has 0 spiro atoms. The number of hydrogen-bond acceptors (Lipinski definition) is 5. The zero-order valence-corrected chi connectivity index (χ0v) is 17.2. The topological polar surface area (TPSA) is 35.9 Å². The van der Waals surface area contributed by atoms with E-state index >= 15 is 0 Å². The number of alkyl halides is 3. The monoisotopic (exact) mass is 435 g/mol. The first kappa shape index (κ1) is 19.9. The Balaban J connectivity index is 1.71. The smallest absolute Gasteiger partial charge is 0.337 e. The Labute approximate surface area is 174 Å². The molecular weight excluding hydrogens is 419 g/mol. The Morgan fingerprint density at radius 3 is 2.45 bits per heavy atom. The third-order valence-corrected chi connectivity index (χ3v) is 6.93. The molecule has 4 nitrogen and oxygen atoms in total. The number of halogens is 3. The van der Waals surface area contributed by atoms with Gasteiger partial charge in [-0.15, -0.1) is 0 Å². The van der Waals surface area contributed by atoms with E-state index in [0.717, 1.165) is 17.8 Å². The van der Waals surface area contributed by atoms with Crippen LogP contribution in [-0.4, -0.2) is 29.6 Å². The van der Waals surface area contributed by atoms with Gasteiger partial charge < -0.3 is 4.90 Å². The molecule has 2 aliphatic heterocycles. The molecule has 1 amide bonds. The van der Waals surface area contributed by atoms with Gasteiger partial charge in [-0.25, -0.2) is 4.99 Å². The minimum absolute atomic E-state index is 0.189. The number of aliphatic imine (C=N–C) groups is 1. The van der Waals surface area contributed by atoms with E-state index in [4.69, 9.17) is 0 Å². The van der Waals surface area contributed by atoms with Crippen molar-refractivity contribution in [3.63, 3.8) is 0 Å². The SMILES string of the molecule is CCN1C(=O)/C(=C2\Sc3cc(C(F)(F)F)ccc3N2C)SC1=Nc1ccccc1. The first-order chi connectivity index (χ1) is 13.8. The maximum Gasteiger partial charge on any atom is 0.416 e. The maximum atomic E-state index is 13.1. The van der Waals surface area contributed by atoms with Crippen LogP contribution in [0, 0.1) is 0 Å². The maximum absolute atomic E-state index is 13.1. The van der Waals surface area contributed by atoms with Gasteiger partial charge in [0.15, 0.2) is 5.17 Å². The number of amides is 1. The van der Waals surface area contributed by atoms with Crippen molar-refractivity contribution in [2.45, 2.75) is 18.0 Å². The number of likely N-dealkylation sites (N-methyl/N-ethyl adjacent to an activating group) is 1. The number of carbonyl (C=O) groups is 1. The number of fused-ring (bicyclic) bond motifs is 1. The molecule has 2 aliphatic rings. The second-order valence-corrected chi connectivity index (χ2v) is 8.37. The van der Waals surface area contributed by atoms with Gasteiger partial charge in [-0.3, -0.25) is 9.69 Å². The molecule has 0 aromatic heterocycles. The first-order valence-electron chi connectivity index (χ1n) is 8.80. The summed E-state index contributed by atoms with van der Waals surface area (Å²) in [4.78, 5) is 21.9. The predicted octanol–water partition coefficient (Wildman–Crippen LogP) is 5.70. The van der Waals surface area contributed by atoms with Crippen LogP contribution in [0.15, 0.2) is 68.4 Å². The van der Waals surface area contributed by atoms with E-state index in [1.54, 1.807) is 16.8 Å². The van der Waals surface area contributed by atoms with Crippen molar-refractivity contribution in [1.29, 1.82) is 0 Å². The van der Waals surface area contributed by atoms with Gasteiger partial charge in [0.1, 0.15) is 4.91 Å². The largest absolute Gasteiger partial charge is 0.416 e. The fourth-order valence-electron chi connectivity index (χ4n) is 3.04. The standard InChI is InChI=1S/C20H16F3N3OS2/c1-3-26-17(27)16(29-19(26)24-13-7-5-4-6-8-13)18-25(2)14-10-9-12(20(21,22)23)11-15(14)28-18/h4-11H,3H2,1-2H3/b18-16+,24-19?. The lowest BCUT2D eigenvalue weighted by Gasteiger charge is -2.15. The fourth-order valence-corrected chi connectivity index (χ4v) is 5.49. The molecule has 1 saturated heterocycles. The molecular formula is C20H16F3N3OS2. The van der Waals surface area contributed by atoms with Gasteiger partial charge in [0.05, 0.1) is 22.0 Å². The number of nitrogens with zero attached hydrogens (tertiary/aromatic N) is 3. The van der Waals surface area contributed by atoms with Crippen molar-refractivity contribution >= 4 is 46.0 Å². The lowest BCUT2D eigenvalue weighted by Crippen LogP contribution is -2.29. The van der Waals surface area contributed by atoms with Crippen LogP contribution >= 0.6 is 23.5 Å². The van der Waals surface area contributed by atoms with Gasteiger partial charge in [-0.05, 0) is 49.0 Å². The Hall–Kier alpha value is -2.39. The molecule has 0 aliphatic carbocycles. The van der Waals surface area contributed by atoms with Crippen LogP contribution < -0.4 is 4.90 Å². The van der Waals surface area contributed by atoms with E-state index < -0.39 is 11.7 Å². The van der Waals surface area contributed by atoms with Gasteiger partial charge in [0.25, 0.3) is 5.91 Å².